The zero-order valence-electron chi connectivity index (χ0n) is 14.5. The molecule has 2 nitrogen and oxygen atoms in total. The Balaban J connectivity index is 1.66. The van der Waals surface area contributed by atoms with Crippen LogP contribution in [-0.2, 0) is 13.1 Å². The summed E-state index contributed by atoms with van der Waals surface area (Å²) in [6.07, 6.45) is 0. The molecule has 0 amide bonds. The van der Waals surface area contributed by atoms with Gasteiger partial charge in [-0.05, 0) is 29.3 Å². The maximum absolute atomic E-state index is 6.11. The monoisotopic (exact) mass is 408 g/mol. The smallest absolute Gasteiger partial charge is 0.152 e. The molecule has 0 radical (unpaired) electrons. The van der Waals surface area contributed by atoms with E-state index in [0.717, 1.165) is 33.3 Å². The number of rotatable bonds is 5. The van der Waals surface area contributed by atoms with Gasteiger partial charge in [0.15, 0.2) is 5.01 Å². The Labute approximate surface area is 173 Å². The van der Waals surface area contributed by atoms with E-state index in [2.05, 4.69) is 53.4 Å². The van der Waals surface area contributed by atoms with E-state index in [1.54, 1.807) is 11.3 Å². The Morgan fingerprint density at radius 2 is 1.48 bits per heavy atom. The van der Waals surface area contributed by atoms with Crippen LogP contribution in [0.2, 0.25) is 5.02 Å². The van der Waals surface area contributed by atoms with Crippen molar-refractivity contribution in [3.63, 3.8) is 0 Å². The highest BCUT2D eigenvalue weighted by atomic mass is 35.5. The molecule has 134 valence electrons. The molecule has 27 heavy (non-hydrogen) atoms. The third kappa shape index (κ3) is 4.35. The molecular formula is C22H17ClN2S2. The van der Waals surface area contributed by atoms with Crippen molar-refractivity contribution in [2.45, 2.75) is 13.1 Å². The van der Waals surface area contributed by atoms with Gasteiger partial charge in [0, 0.05) is 18.1 Å². The number of thiazole rings is 1. The first-order valence-electron chi connectivity index (χ1n) is 8.62. The topological polar surface area (TPSA) is 16.1 Å². The van der Waals surface area contributed by atoms with Crippen LogP contribution in [0.1, 0.15) is 16.1 Å². The Morgan fingerprint density at radius 3 is 2.07 bits per heavy atom. The Morgan fingerprint density at radius 1 is 0.889 bits per heavy atom. The molecule has 0 aliphatic carbocycles. The highest BCUT2D eigenvalue weighted by molar-refractivity contribution is 7.81. The van der Waals surface area contributed by atoms with Gasteiger partial charge in [-0.3, -0.25) is 0 Å². The highest BCUT2D eigenvalue weighted by Gasteiger charge is 2.17. The van der Waals surface area contributed by atoms with Gasteiger partial charge in [0.25, 0.3) is 0 Å². The predicted octanol–water partition coefficient (Wildman–Crippen LogP) is 6.33. The van der Waals surface area contributed by atoms with Crippen molar-refractivity contribution in [1.82, 2.24) is 9.88 Å². The molecule has 0 fully saturated rings. The summed E-state index contributed by atoms with van der Waals surface area (Å²) < 4.78 is 1.09. The van der Waals surface area contributed by atoms with E-state index in [-0.39, 0.29) is 0 Å². The summed E-state index contributed by atoms with van der Waals surface area (Å²) in [6.45, 7) is 1.48. The Kier molecular flexibility index (Phi) is 5.48. The molecule has 0 bridgehead atoms. The van der Waals surface area contributed by atoms with Gasteiger partial charge in [0.05, 0.1) is 10.2 Å². The average molecular weight is 409 g/mol. The standard InChI is InChI=1S/C22H17ClN2S2/c23-18-11-12-20-19(13-18)24-21(27-20)22(26)25(14-16-7-3-1-4-8-16)15-17-9-5-2-6-10-17/h1-13H,14-15H2. The second-order valence-electron chi connectivity index (χ2n) is 6.26. The number of hydrogen-bond donors (Lipinski definition) is 0. The molecule has 4 rings (SSSR count). The van der Waals surface area contributed by atoms with Crippen molar-refractivity contribution < 1.29 is 0 Å². The molecule has 0 unspecified atom stereocenters. The zero-order valence-corrected chi connectivity index (χ0v) is 16.9. The second-order valence-corrected chi connectivity index (χ2v) is 8.12. The molecule has 0 N–H and O–H groups in total. The maximum atomic E-state index is 6.11. The number of aromatic nitrogens is 1. The fourth-order valence-electron chi connectivity index (χ4n) is 2.93. The lowest BCUT2D eigenvalue weighted by molar-refractivity contribution is 0.414. The third-order valence-electron chi connectivity index (χ3n) is 4.25. The molecule has 5 heteroatoms. The quantitative estimate of drug-likeness (QED) is 0.359. The lowest BCUT2D eigenvalue weighted by Gasteiger charge is -2.24. The largest absolute Gasteiger partial charge is 0.352 e. The van der Waals surface area contributed by atoms with Crippen LogP contribution in [0.25, 0.3) is 10.2 Å². The molecule has 0 aliphatic rings. The van der Waals surface area contributed by atoms with Gasteiger partial charge in [-0.1, -0.05) is 84.5 Å². The maximum Gasteiger partial charge on any atom is 0.152 e. The predicted molar refractivity (Wildman–Crippen MR) is 118 cm³/mol. The fourth-order valence-corrected chi connectivity index (χ4v) is 4.31. The SMILES string of the molecule is S=C(c1nc2cc(Cl)ccc2s1)N(Cc1ccccc1)Cc1ccccc1. The van der Waals surface area contributed by atoms with Crippen molar-refractivity contribution in [3.8, 4) is 0 Å². The van der Waals surface area contributed by atoms with Crippen molar-refractivity contribution in [1.29, 1.82) is 0 Å². The first-order chi connectivity index (χ1) is 13.2. The van der Waals surface area contributed by atoms with E-state index < -0.39 is 0 Å². The molecule has 0 saturated carbocycles. The molecule has 3 aromatic carbocycles. The van der Waals surface area contributed by atoms with E-state index >= 15 is 0 Å². The van der Waals surface area contributed by atoms with E-state index in [1.165, 1.54) is 11.1 Å². The van der Waals surface area contributed by atoms with Gasteiger partial charge in [0.2, 0.25) is 0 Å². The van der Waals surface area contributed by atoms with E-state index in [4.69, 9.17) is 28.8 Å². The summed E-state index contributed by atoms with van der Waals surface area (Å²) in [5.74, 6) is 0. The van der Waals surface area contributed by atoms with Gasteiger partial charge in [0.1, 0.15) is 4.99 Å². The molecule has 0 aliphatic heterocycles. The molecule has 0 saturated heterocycles. The molecule has 4 aromatic rings. The molecule has 0 atom stereocenters. The van der Waals surface area contributed by atoms with Gasteiger partial charge in [-0.15, -0.1) is 11.3 Å². The van der Waals surface area contributed by atoms with Crippen LogP contribution in [0, 0.1) is 0 Å². The number of benzene rings is 3. The molecule has 1 heterocycles. The molecule has 1 aromatic heterocycles. The summed E-state index contributed by atoms with van der Waals surface area (Å²) >= 11 is 13.6. The van der Waals surface area contributed by atoms with Gasteiger partial charge >= 0.3 is 0 Å². The van der Waals surface area contributed by atoms with Crippen LogP contribution >= 0.6 is 35.2 Å². The average Bonchev–Trinajstić information content (AvgIpc) is 3.11. The minimum atomic E-state index is 0.690. The first kappa shape index (κ1) is 18.1. The number of hydrogen-bond acceptors (Lipinski definition) is 3. The Hall–Kier alpha value is -2.27. The number of halogens is 1. The van der Waals surface area contributed by atoms with Gasteiger partial charge < -0.3 is 4.90 Å². The third-order valence-corrected chi connectivity index (χ3v) is 6.11. The van der Waals surface area contributed by atoms with E-state index in [9.17, 15) is 0 Å². The Bertz CT molecular complexity index is 1020. The van der Waals surface area contributed by atoms with Crippen LogP contribution in [0.3, 0.4) is 0 Å². The lowest BCUT2D eigenvalue weighted by Crippen LogP contribution is -2.29. The normalized spacial score (nSPS) is 10.9. The highest BCUT2D eigenvalue weighted by Crippen LogP contribution is 2.27. The first-order valence-corrected chi connectivity index (χ1v) is 10.2. The molecular weight excluding hydrogens is 392 g/mol. The van der Waals surface area contributed by atoms with Crippen LogP contribution in [0.15, 0.2) is 78.9 Å². The summed E-state index contributed by atoms with van der Waals surface area (Å²) in [5.41, 5.74) is 3.34. The summed E-state index contributed by atoms with van der Waals surface area (Å²) in [7, 11) is 0. The minimum absolute atomic E-state index is 0.690. The number of nitrogens with zero attached hydrogens (tertiary/aromatic N) is 2. The minimum Gasteiger partial charge on any atom is -0.352 e. The van der Waals surface area contributed by atoms with Crippen LogP contribution in [-0.4, -0.2) is 14.9 Å². The van der Waals surface area contributed by atoms with Crippen molar-refractivity contribution in [2.75, 3.05) is 0 Å². The van der Waals surface area contributed by atoms with Gasteiger partial charge in [-0.25, -0.2) is 4.98 Å². The van der Waals surface area contributed by atoms with Crippen molar-refractivity contribution in [2.24, 2.45) is 0 Å². The fraction of sp³-hybridized carbons (Fsp3) is 0.0909. The zero-order chi connectivity index (χ0) is 18.6. The number of thiocarbonyl (C=S) groups is 1. The number of fused-ring (bicyclic) bond motifs is 1. The van der Waals surface area contributed by atoms with Crippen LogP contribution in [0.4, 0.5) is 0 Å². The van der Waals surface area contributed by atoms with Gasteiger partial charge in [-0.2, -0.15) is 0 Å². The summed E-state index contributed by atoms with van der Waals surface area (Å²) in [5, 5.41) is 1.55. The van der Waals surface area contributed by atoms with E-state index in [1.807, 2.05) is 30.3 Å². The van der Waals surface area contributed by atoms with E-state index in [0.29, 0.717) is 5.02 Å². The lowest BCUT2D eigenvalue weighted by atomic mass is 10.1. The second kappa shape index (κ2) is 8.17. The van der Waals surface area contributed by atoms with Crippen LogP contribution < -0.4 is 0 Å². The summed E-state index contributed by atoms with van der Waals surface area (Å²) in [6, 6.07) is 26.5. The summed E-state index contributed by atoms with van der Waals surface area (Å²) in [4.78, 5) is 7.70. The van der Waals surface area contributed by atoms with Crippen molar-refractivity contribution >= 4 is 50.4 Å². The van der Waals surface area contributed by atoms with Crippen LogP contribution in [0.5, 0.6) is 0 Å². The van der Waals surface area contributed by atoms with Crippen molar-refractivity contribution in [3.05, 3.63) is 100 Å². The molecule has 0 spiro atoms.